The Hall–Kier alpha value is -1.36. The predicted octanol–water partition coefficient (Wildman–Crippen LogP) is 2.01. The molecule has 0 aromatic heterocycles. The Morgan fingerprint density at radius 1 is 1.20 bits per heavy atom. The van der Waals surface area contributed by atoms with Crippen molar-refractivity contribution in [2.24, 2.45) is 11.7 Å². The maximum absolute atomic E-state index is 12.1. The monoisotopic (exact) mass is 401 g/mol. The molecule has 0 spiro atoms. The van der Waals surface area contributed by atoms with Gasteiger partial charge in [-0.05, 0) is 43.5 Å². The largest absolute Gasteiger partial charge is 0.402 e. The van der Waals surface area contributed by atoms with E-state index >= 15 is 0 Å². The van der Waals surface area contributed by atoms with Crippen LogP contribution in [-0.2, 0) is 14.8 Å². The van der Waals surface area contributed by atoms with Crippen molar-refractivity contribution in [1.82, 2.24) is 4.72 Å². The van der Waals surface area contributed by atoms with Gasteiger partial charge in [0.05, 0.1) is 4.90 Å². The van der Waals surface area contributed by atoms with Crippen LogP contribution in [0.25, 0.3) is 0 Å². The van der Waals surface area contributed by atoms with E-state index in [0.717, 1.165) is 18.6 Å². The van der Waals surface area contributed by atoms with Crippen molar-refractivity contribution >= 4 is 34.0 Å². The van der Waals surface area contributed by atoms with Crippen LogP contribution in [0.4, 0.5) is 18.9 Å². The van der Waals surface area contributed by atoms with Gasteiger partial charge in [-0.3, -0.25) is 4.79 Å². The maximum atomic E-state index is 12.1. The van der Waals surface area contributed by atoms with Crippen molar-refractivity contribution in [1.29, 1.82) is 0 Å². The first-order valence-corrected chi connectivity index (χ1v) is 8.78. The molecule has 0 saturated heterocycles. The van der Waals surface area contributed by atoms with E-state index in [9.17, 15) is 26.4 Å². The number of hydrogen-bond donors (Lipinski definition) is 3. The molecule has 142 valence electrons. The van der Waals surface area contributed by atoms with E-state index < -0.39 is 22.7 Å². The zero-order valence-electron chi connectivity index (χ0n) is 13.0. The van der Waals surface area contributed by atoms with Crippen molar-refractivity contribution < 1.29 is 26.4 Å². The number of nitrogens with two attached hydrogens (primary N) is 1. The molecule has 11 heteroatoms. The molecule has 1 aromatic carbocycles. The smallest absolute Gasteiger partial charge is 0.328 e. The van der Waals surface area contributed by atoms with Gasteiger partial charge in [-0.2, -0.15) is 13.2 Å². The van der Waals surface area contributed by atoms with Crippen molar-refractivity contribution in [2.75, 3.05) is 11.9 Å². The molecular weight excluding hydrogens is 383 g/mol. The van der Waals surface area contributed by atoms with Gasteiger partial charge in [0, 0.05) is 17.6 Å². The number of benzene rings is 1. The molecule has 2 atom stereocenters. The maximum Gasteiger partial charge on any atom is 0.402 e. The molecule has 0 radical (unpaired) electrons. The highest BCUT2D eigenvalue weighted by molar-refractivity contribution is 7.89. The molecular formula is C14H19ClF3N3O3S. The minimum absolute atomic E-state index is 0. The Balaban J connectivity index is 0.00000312. The van der Waals surface area contributed by atoms with Gasteiger partial charge in [-0.25, -0.2) is 13.1 Å². The highest BCUT2D eigenvalue weighted by Crippen LogP contribution is 2.25. The van der Waals surface area contributed by atoms with Crippen LogP contribution in [0.5, 0.6) is 0 Å². The van der Waals surface area contributed by atoms with Crippen LogP contribution in [0.2, 0.25) is 0 Å². The summed E-state index contributed by atoms with van der Waals surface area (Å²) in [6, 6.07) is 4.93. The lowest BCUT2D eigenvalue weighted by atomic mass is 10.1. The number of carbonyl (C=O) groups excluding carboxylic acids is 1. The SMILES string of the molecule is Cl.NC1CCC(C(=O)Nc2ccc(S(=O)(=O)NCC(F)(F)F)cc2)C1. The number of nitrogens with one attached hydrogen (secondary N) is 2. The normalized spacial score (nSPS) is 20.8. The summed E-state index contributed by atoms with van der Waals surface area (Å²) in [5.74, 6) is -0.384. The van der Waals surface area contributed by atoms with Crippen LogP contribution >= 0.6 is 12.4 Å². The standard InChI is InChI=1S/C14H18F3N3O3S.ClH/c15-14(16,17)8-19-24(22,23)12-5-3-11(4-6-12)20-13(21)9-1-2-10(18)7-9;/h3-6,9-10,19H,1-2,7-8,18H2,(H,20,21);1H. The Morgan fingerprint density at radius 2 is 1.80 bits per heavy atom. The fourth-order valence-corrected chi connectivity index (χ4v) is 3.49. The van der Waals surface area contributed by atoms with Gasteiger partial charge in [0.15, 0.2) is 0 Å². The molecule has 25 heavy (non-hydrogen) atoms. The number of carbonyl (C=O) groups is 1. The molecule has 1 aliphatic rings. The number of halogens is 4. The second kappa shape index (κ2) is 8.35. The first kappa shape index (κ1) is 21.7. The zero-order valence-corrected chi connectivity index (χ0v) is 14.7. The van der Waals surface area contributed by atoms with E-state index in [1.54, 1.807) is 0 Å². The average Bonchev–Trinajstić information content (AvgIpc) is 2.92. The van der Waals surface area contributed by atoms with E-state index in [2.05, 4.69) is 5.32 Å². The van der Waals surface area contributed by atoms with Crippen LogP contribution in [-0.4, -0.2) is 33.1 Å². The second-order valence-electron chi connectivity index (χ2n) is 5.72. The van der Waals surface area contributed by atoms with Crippen LogP contribution in [0.1, 0.15) is 19.3 Å². The van der Waals surface area contributed by atoms with Crippen LogP contribution in [0, 0.1) is 5.92 Å². The van der Waals surface area contributed by atoms with Gasteiger partial charge in [-0.1, -0.05) is 0 Å². The number of anilines is 1. The van der Waals surface area contributed by atoms with Gasteiger partial charge in [0.25, 0.3) is 0 Å². The molecule has 2 rings (SSSR count). The fraction of sp³-hybridized carbons (Fsp3) is 0.500. The van der Waals surface area contributed by atoms with Crippen molar-refractivity contribution in [3.8, 4) is 0 Å². The molecule has 4 N–H and O–H groups in total. The first-order valence-electron chi connectivity index (χ1n) is 7.30. The second-order valence-corrected chi connectivity index (χ2v) is 7.49. The van der Waals surface area contributed by atoms with Gasteiger partial charge < -0.3 is 11.1 Å². The van der Waals surface area contributed by atoms with E-state index in [1.807, 2.05) is 0 Å². The minimum atomic E-state index is -4.64. The summed E-state index contributed by atoms with van der Waals surface area (Å²) < 4.78 is 61.3. The summed E-state index contributed by atoms with van der Waals surface area (Å²) in [4.78, 5) is 11.7. The highest BCUT2D eigenvalue weighted by atomic mass is 35.5. The Kier molecular flexibility index (Phi) is 7.24. The minimum Gasteiger partial charge on any atom is -0.328 e. The van der Waals surface area contributed by atoms with Crippen LogP contribution < -0.4 is 15.8 Å². The van der Waals surface area contributed by atoms with Crippen LogP contribution in [0.3, 0.4) is 0 Å². The first-order chi connectivity index (χ1) is 11.1. The molecule has 0 bridgehead atoms. The van der Waals surface area contributed by atoms with Crippen molar-refractivity contribution in [3.05, 3.63) is 24.3 Å². The molecule has 1 aliphatic carbocycles. The molecule has 6 nitrogen and oxygen atoms in total. The lowest BCUT2D eigenvalue weighted by molar-refractivity contribution is -0.121. The zero-order chi connectivity index (χ0) is 18.0. The van der Waals surface area contributed by atoms with Crippen molar-refractivity contribution in [3.63, 3.8) is 0 Å². The molecule has 1 amide bonds. The van der Waals surface area contributed by atoms with Gasteiger partial charge in [0.2, 0.25) is 15.9 Å². The lowest BCUT2D eigenvalue weighted by Crippen LogP contribution is -2.33. The number of hydrogen-bond acceptors (Lipinski definition) is 4. The highest BCUT2D eigenvalue weighted by Gasteiger charge is 2.30. The molecule has 1 saturated carbocycles. The predicted molar refractivity (Wildman–Crippen MR) is 88.9 cm³/mol. The molecule has 0 aliphatic heterocycles. The number of alkyl halides is 3. The topological polar surface area (TPSA) is 101 Å². The summed E-state index contributed by atoms with van der Waals surface area (Å²) in [5.41, 5.74) is 6.12. The fourth-order valence-electron chi connectivity index (χ4n) is 2.48. The molecule has 2 unspecified atom stereocenters. The summed E-state index contributed by atoms with van der Waals surface area (Å²) in [6.45, 7) is -1.64. The van der Waals surface area contributed by atoms with Gasteiger partial charge in [0.1, 0.15) is 6.54 Å². The third kappa shape index (κ3) is 6.46. The average molecular weight is 402 g/mol. The summed E-state index contributed by atoms with van der Waals surface area (Å²) in [5, 5.41) is 2.65. The van der Waals surface area contributed by atoms with E-state index in [0.29, 0.717) is 18.5 Å². The van der Waals surface area contributed by atoms with Gasteiger partial charge >= 0.3 is 6.18 Å². The van der Waals surface area contributed by atoms with E-state index in [1.165, 1.54) is 16.9 Å². The number of sulfonamides is 1. The Morgan fingerprint density at radius 3 is 2.28 bits per heavy atom. The molecule has 1 fully saturated rings. The third-order valence-electron chi connectivity index (χ3n) is 3.74. The Bertz CT molecular complexity index is 696. The lowest BCUT2D eigenvalue weighted by Gasteiger charge is -2.12. The molecule has 1 aromatic rings. The van der Waals surface area contributed by atoms with E-state index in [-0.39, 0.29) is 35.2 Å². The number of amides is 1. The third-order valence-corrected chi connectivity index (χ3v) is 5.16. The van der Waals surface area contributed by atoms with Gasteiger partial charge in [-0.15, -0.1) is 12.4 Å². The summed E-state index contributed by atoms with van der Waals surface area (Å²) in [7, 11) is -4.26. The Labute approximate surface area is 149 Å². The van der Waals surface area contributed by atoms with E-state index in [4.69, 9.17) is 5.73 Å². The quantitative estimate of drug-likeness (QED) is 0.702. The summed E-state index contributed by atoms with van der Waals surface area (Å²) >= 11 is 0. The molecule has 0 heterocycles. The summed E-state index contributed by atoms with van der Waals surface area (Å²) in [6.07, 6.45) is -2.57. The number of rotatable bonds is 5. The van der Waals surface area contributed by atoms with Crippen LogP contribution in [0.15, 0.2) is 29.2 Å². The van der Waals surface area contributed by atoms with Crippen molar-refractivity contribution in [2.45, 2.75) is 36.4 Å².